The van der Waals surface area contributed by atoms with E-state index in [0.717, 1.165) is 50.3 Å². The number of hydrogen-bond acceptors (Lipinski definition) is 4. The normalized spacial score (nSPS) is 24.5. The average Bonchev–Trinajstić information content (AvgIpc) is 3.05. The van der Waals surface area contributed by atoms with E-state index >= 15 is 0 Å². The Labute approximate surface area is 173 Å². The van der Waals surface area contributed by atoms with E-state index in [0.29, 0.717) is 12.1 Å². The van der Waals surface area contributed by atoms with Crippen molar-refractivity contribution in [2.24, 2.45) is 0 Å². The summed E-state index contributed by atoms with van der Waals surface area (Å²) < 4.78 is 11.2. The number of hydrogen-bond donors (Lipinski definition) is 0. The number of piperidine rings is 1. The zero-order valence-electron chi connectivity index (χ0n) is 17.5. The quantitative estimate of drug-likeness (QED) is 0.741. The molecule has 0 bridgehead atoms. The number of carbonyl (C=O) groups excluding carboxylic acids is 1. The first kappa shape index (κ1) is 21.4. The Morgan fingerprint density at radius 1 is 1.18 bits per heavy atom. The fourth-order valence-corrected chi connectivity index (χ4v) is 4.44. The highest BCUT2D eigenvalue weighted by molar-refractivity contribution is 6.30. The molecule has 1 aromatic rings. The maximum absolute atomic E-state index is 12.3. The molecule has 2 aliphatic rings. The summed E-state index contributed by atoms with van der Waals surface area (Å²) in [6, 6.07) is 9.10. The first-order valence-electron chi connectivity index (χ1n) is 10.3. The Morgan fingerprint density at radius 2 is 1.82 bits per heavy atom. The van der Waals surface area contributed by atoms with Gasteiger partial charge in [-0.1, -0.05) is 23.7 Å². The van der Waals surface area contributed by atoms with Crippen LogP contribution in [0.4, 0.5) is 4.79 Å². The highest BCUT2D eigenvalue weighted by Crippen LogP contribution is 2.30. The molecule has 2 heterocycles. The summed E-state index contributed by atoms with van der Waals surface area (Å²) in [5.74, 6) is 0. The number of carbonyl (C=O) groups is 1. The van der Waals surface area contributed by atoms with Crippen LogP contribution in [-0.4, -0.2) is 66.4 Å². The van der Waals surface area contributed by atoms with Gasteiger partial charge in [0.05, 0.1) is 6.10 Å². The molecule has 0 N–H and O–H groups in total. The van der Waals surface area contributed by atoms with Crippen molar-refractivity contribution in [1.82, 2.24) is 9.80 Å². The third kappa shape index (κ3) is 5.62. The number of amides is 1. The van der Waals surface area contributed by atoms with Crippen molar-refractivity contribution < 1.29 is 14.3 Å². The Morgan fingerprint density at radius 3 is 2.39 bits per heavy atom. The fourth-order valence-electron chi connectivity index (χ4n) is 4.32. The molecule has 0 radical (unpaired) electrons. The van der Waals surface area contributed by atoms with E-state index in [2.05, 4.69) is 17.0 Å². The topological polar surface area (TPSA) is 42.0 Å². The van der Waals surface area contributed by atoms with Gasteiger partial charge in [-0.05, 0) is 64.2 Å². The molecule has 0 aliphatic carbocycles. The van der Waals surface area contributed by atoms with Gasteiger partial charge in [0.1, 0.15) is 5.60 Å². The summed E-state index contributed by atoms with van der Waals surface area (Å²) in [6.07, 6.45) is 4.09. The molecular weight excluding hydrogens is 376 g/mol. The van der Waals surface area contributed by atoms with Gasteiger partial charge in [-0.15, -0.1) is 0 Å². The van der Waals surface area contributed by atoms with Crippen molar-refractivity contribution >= 4 is 17.7 Å². The van der Waals surface area contributed by atoms with Crippen molar-refractivity contribution in [3.05, 3.63) is 34.9 Å². The second-order valence-electron chi connectivity index (χ2n) is 8.97. The molecule has 6 heteroatoms. The van der Waals surface area contributed by atoms with Crippen LogP contribution >= 0.6 is 11.6 Å². The zero-order valence-corrected chi connectivity index (χ0v) is 18.2. The third-order valence-electron chi connectivity index (χ3n) is 5.72. The maximum Gasteiger partial charge on any atom is 0.410 e. The van der Waals surface area contributed by atoms with Crippen LogP contribution in [0.3, 0.4) is 0 Å². The standard InChI is InChI=1S/C22H33ClN2O3/c1-22(2,3)28-21(26)24-11-9-18(10-12-24)25-15-20(27-4)14-19(25)13-16-5-7-17(23)8-6-16/h5-8,18-20H,9-15H2,1-4H3/t19?,20-/m0/s1. The van der Waals surface area contributed by atoms with E-state index in [1.54, 1.807) is 7.11 Å². The van der Waals surface area contributed by atoms with Crippen molar-refractivity contribution in [2.45, 2.75) is 70.2 Å². The summed E-state index contributed by atoms with van der Waals surface area (Å²) >= 11 is 6.03. The van der Waals surface area contributed by atoms with Gasteiger partial charge >= 0.3 is 6.09 Å². The van der Waals surface area contributed by atoms with Crippen LogP contribution in [-0.2, 0) is 15.9 Å². The molecule has 5 nitrogen and oxygen atoms in total. The summed E-state index contributed by atoms with van der Waals surface area (Å²) in [5, 5.41) is 0.774. The van der Waals surface area contributed by atoms with E-state index in [9.17, 15) is 4.79 Å². The minimum absolute atomic E-state index is 0.195. The molecule has 0 spiro atoms. The van der Waals surface area contributed by atoms with E-state index in [4.69, 9.17) is 21.1 Å². The second-order valence-corrected chi connectivity index (χ2v) is 9.41. The number of methoxy groups -OCH3 is 1. The van der Waals surface area contributed by atoms with Crippen LogP contribution < -0.4 is 0 Å². The van der Waals surface area contributed by atoms with Crippen molar-refractivity contribution in [2.75, 3.05) is 26.7 Å². The maximum atomic E-state index is 12.3. The minimum Gasteiger partial charge on any atom is -0.444 e. The number of likely N-dealkylation sites (tertiary alicyclic amines) is 2. The minimum atomic E-state index is -0.446. The third-order valence-corrected chi connectivity index (χ3v) is 5.97. The van der Waals surface area contributed by atoms with Gasteiger partial charge < -0.3 is 14.4 Å². The van der Waals surface area contributed by atoms with E-state index in [1.165, 1.54) is 5.56 Å². The van der Waals surface area contributed by atoms with E-state index < -0.39 is 5.60 Å². The Balaban J connectivity index is 1.59. The van der Waals surface area contributed by atoms with Gasteiger partial charge in [0.15, 0.2) is 0 Å². The van der Waals surface area contributed by atoms with Gasteiger partial charge in [0.2, 0.25) is 0 Å². The number of nitrogens with zero attached hydrogens (tertiary/aromatic N) is 2. The lowest BCUT2D eigenvalue weighted by molar-refractivity contribution is 0.0124. The molecule has 2 atom stereocenters. The van der Waals surface area contributed by atoms with Crippen LogP contribution in [0.15, 0.2) is 24.3 Å². The van der Waals surface area contributed by atoms with Crippen LogP contribution in [0.1, 0.15) is 45.6 Å². The first-order valence-corrected chi connectivity index (χ1v) is 10.6. The zero-order chi connectivity index (χ0) is 20.3. The lowest BCUT2D eigenvalue weighted by Gasteiger charge is -2.39. The predicted molar refractivity (Wildman–Crippen MR) is 112 cm³/mol. The monoisotopic (exact) mass is 408 g/mol. The molecule has 28 heavy (non-hydrogen) atoms. The summed E-state index contributed by atoms with van der Waals surface area (Å²) in [4.78, 5) is 16.8. The van der Waals surface area contributed by atoms with Gasteiger partial charge in [-0.3, -0.25) is 4.90 Å². The average molecular weight is 409 g/mol. The van der Waals surface area contributed by atoms with Gasteiger partial charge in [0, 0.05) is 43.9 Å². The lowest BCUT2D eigenvalue weighted by atomic mass is 9.99. The highest BCUT2D eigenvalue weighted by atomic mass is 35.5. The van der Waals surface area contributed by atoms with Crippen LogP contribution in [0.25, 0.3) is 0 Å². The number of rotatable bonds is 4. The van der Waals surface area contributed by atoms with Crippen LogP contribution in [0.5, 0.6) is 0 Å². The molecule has 2 aliphatic heterocycles. The van der Waals surface area contributed by atoms with Crippen LogP contribution in [0.2, 0.25) is 5.02 Å². The van der Waals surface area contributed by atoms with Crippen molar-refractivity contribution in [3.63, 3.8) is 0 Å². The summed E-state index contributed by atoms with van der Waals surface area (Å²) in [7, 11) is 1.80. The van der Waals surface area contributed by atoms with E-state index in [-0.39, 0.29) is 12.2 Å². The van der Waals surface area contributed by atoms with Crippen LogP contribution in [0, 0.1) is 0 Å². The van der Waals surface area contributed by atoms with Gasteiger partial charge in [-0.25, -0.2) is 4.79 Å². The largest absolute Gasteiger partial charge is 0.444 e. The molecule has 1 aromatic carbocycles. The molecule has 1 amide bonds. The molecule has 3 rings (SSSR count). The molecule has 1 unspecified atom stereocenters. The first-order chi connectivity index (χ1) is 13.2. The highest BCUT2D eigenvalue weighted by Gasteiger charge is 2.38. The molecular formula is C22H33ClN2O3. The Kier molecular flexibility index (Phi) is 6.89. The van der Waals surface area contributed by atoms with Crippen molar-refractivity contribution in [3.8, 4) is 0 Å². The fraction of sp³-hybridized carbons (Fsp3) is 0.682. The van der Waals surface area contributed by atoms with Gasteiger partial charge in [0.25, 0.3) is 0 Å². The molecule has 0 aromatic heterocycles. The predicted octanol–water partition coefficient (Wildman–Crippen LogP) is 4.37. The molecule has 0 saturated carbocycles. The number of halogens is 1. The second kappa shape index (κ2) is 9.02. The molecule has 2 saturated heterocycles. The smallest absolute Gasteiger partial charge is 0.410 e. The van der Waals surface area contributed by atoms with E-state index in [1.807, 2.05) is 37.8 Å². The SMILES string of the molecule is CO[C@H]1CC(Cc2ccc(Cl)cc2)N(C2CCN(C(=O)OC(C)(C)C)CC2)C1. The number of benzene rings is 1. The number of ether oxygens (including phenoxy) is 2. The molecule has 156 valence electrons. The summed E-state index contributed by atoms with van der Waals surface area (Å²) in [6.45, 7) is 8.20. The Bertz CT molecular complexity index is 651. The Hall–Kier alpha value is -1.30. The van der Waals surface area contributed by atoms with Crippen molar-refractivity contribution in [1.29, 1.82) is 0 Å². The molecule has 2 fully saturated rings. The lowest BCUT2D eigenvalue weighted by Crippen LogP contribution is -2.49. The summed E-state index contributed by atoms with van der Waals surface area (Å²) in [5.41, 5.74) is 0.862. The van der Waals surface area contributed by atoms with Gasteiger partial charge in [-0.2, -0.15) is 0 Å².